The van der Waals surface area contributed by atoms with Gasteiger partial charge in [-0.25, -0.2) is 0 Å². The molecular formula is C26H25ClF3N7O. The van der Waals surface area contributed by atoms with E-state index in [1.807, 2.05) is 46.8 Å². The number of nitriles is 1. The maximum absolute atomic E-state index is 13.2. The van der Waals surface area contributed by atoms with Crippen molar-refractivity contribution in [3.8, 4) is 11.9 Å². The van der Waals surface area contributed by atoms with Gasteiger partial charge in [0.05, 0.1) is 30.8 Å². The van der Waals surface area contributed by atoms with Crippen LogP contribution < -0.4 is 10.1 Å². The number of alkyl halides is 3. The van der Waals surface area contributed by atoms with Gasteiger partial charge in [0.15, 0.2) is 5.82 Å². The van der Waals surface area contributed by atoms with Crippen LogP contribution in [0.4, 0.5) is 13.2 Å². The molecule has 0 saturated carbocycles. The van der Waals surface area contributed by atoms with Crippen molar-refractivity contribution in [2.24, 2.45) is 4.99 Å². The number of nitrogens with one attached hydrogen (secondary N) is 1. The number of hydrogen-bond acceptors (Lipinski definition) is 5. The number of rotatable bonds is 4. The molecule has 2 aromatic carbocycles. The molecule has 3 aromatic rings. The fraction of sp³-hybridized carbons (Fsp3) is 0.385. The number of aliphatic imine (C=N–C) groups is 1. The van der Waals surface area contributed by atoms with Gasteiger partial charge in [-0.3, -0.25) is 0 Å². The molecule has 2 aliphatic heterocycles. The Kier molecular flexibility index (Phi) is 7.17. The van der Waals surface area contributed by atoms with Crippen molar-refractivity contribution in [1.82, 2.24) is 25.0 Å². The zero-order valence-electron chi connectivity index (χ0n) is 20.5. The Morgan fingerprint density at radius 1 is 1.21 bits per heavy atom. The molecule has 1 aromatic heterocycles. The Balaban J connectivity index is 1.41. The minimum Gasteiger partial charge on any atom is -0.493 e. The third-order valence-corrected chi connectivity index (χ3v) is 7.13. The van der Waals surface area contributed by atoms with E-state index in [4.69, 9.17) is 16.3 Å². The van der Waals surface area contributed by atoms with Crippen LogP contribution in [0.15, 0.2) is 47.5 Å². The molecule has 0 radical (unpaired) electrons. The van der Waals surface area contributed by atoms with E-state index >= 15 is 0 Å². The standard InChI is InChI=1S/C26H25ClF3N7O/c1-16-34-35-24(37(16)14-17-4-7-19(27)8-5-17)22-3-2-11-36(22)25(32-15-31)33-21-10-12-38-23-13-18(26(28,29)30)6-9-20(21)23/h4-9,13,21-22H,2-3,10-12,14H2,1H3,(H,32,33)/t21-,22+/m0/s1. The van der Waals surface area contributed by atoms with Gasteiger partial charge in [0, 0.05) is 23.6 Å². The molecule has 1 saturated heterocycles. The summed E-state index contributed by atoms with van der Waals surface area (Å²) in [5, 5.41) is 22.2. The van der Waals surface area contributed by atoms with Gasteiger partial charge in [0.2, 0.25) is 12.2 Å². The Bertz CT molecular complexity index is 1380. The second-order valence-corrected chi connectivity index (χ2v) is 9.73. The number of benzene rings is 2. The highest BCUT2D eigenvalue weighted by Gasteiger charge is 2.36. The van der Waals surface area contributed by atoms with E-state index in [0.29, 0.717) is 36.1 Å². The lowest BCUT2D eigenvalue weighted by Crippen LogP contribution is -2.44. The van der Waals surface area contributed by atoms with Gasteiger partial charge in [0.1, 0.15) is 11.6 Å². The SMILES string of the molecule is Cc1nnc([C@H]2CCCN2/C(=N\C#N)N[C@H]2CCOc3cc(C(F)(F)F)ccc32)n1Cc1ccc(Cl)cc1. The fourth-order valence-electron chi connectivity index (χ4n) is 5.00. The van der Waals surface area contributed by atoms with E-state index in [0.717, 1.165) is 42.2 Å². The second kappa shape index (κ2) is 10.5. The molecule has 3 heterocycles. The van der Waals surface area contributed by atoms with Crippen molar-refractivity contribution >= 4 is 17.6 Å². The van der Waals surface area contributed by atoms with Crippen molar-refractivity contribution in [3.05, 3.63) is 75.8 Å². The molecule has 5 rings (SSSR count). The molecule has 0 bridgehead atoms. The van der Waals surface area contributed by atoms with E-state index in [-0.39, 0.29) is 24.4 Å². The Labute approximate surface area is 222 Å². The molecule has 0 aliphatic carbocycles. The maximum atomic E-state index is 13.2. The van der Waals surface area contributed by atoms with Crippen molar-refractivity contribution in [2.45, 2.75) is 51.0 Å². The molecule has 38 heavy (non-hydrogen) atoms. The average molecular weight is 544 g/mol. The second-order valence-electron chi connectivity index (χ2n) is 9.29. The van der Waals surface area contributed by atoms with Gasteiger partial charge < -0.3 is 19.5 Å². The highest BCUT2D eigenvalue weighted by atomic mass is 35.5. The van der Waals surface area contributed by atoms with Gasteiger partial charge in [-0.05, 0) is 49.6 Å². The average Bonchev–Trinajstić information content (AvgIpc) is 3.51. The summed E-state index contributed by atoms with van der Waals surface area (Å²) < 4.78 is 47.2. The van der Waals surface area contributed by atoms with Crippen LogP contribution in [-0.2, 0) is 12.7 Å². The molecule has 2 aliphatic rings. The fourth-order valence-corrected chi connectivity index (χ4v) is 5.12. The molecule has 0 amide bonds. The summed E-state index contributed by atoms with van der Waals surface area (Å²) in [6.45, 7) is 3.32. The first-order valence-corrected chi connectivity index (χ1v) is 12.6. The van der Waals surface area contributed by atoms with E-state index in [1.165, 1.54) is 6.07 Å². The summed E-state index contributed by atoms with van der Waals surface area (Å²) in [5.41, 5.74) is 0.870. The molecule has 12 heteroatoms. The van der Waals surface area contributed by atoms with E-state index in [1.54, 1.807) is 0 Å². The summed E-state index contributed by atoms with van der Waals surface area (Å²) >= 11 is 6.04. The predicted molar refractivity (Wildman–Crippen MR) is 134 cm³/mol. The monoisotopic (exact) mass is 543 g/mol. The number of ether oxygens (including phenoxy) is 1. The Morgan fingerprint density at radius 2 is 2.00 bits per heavy atom. The summed E-state index contributed by atoms with van der Waals surface area (Å²) in [5.74, 6) is 2.04. The van der Waals surface area contributed by atoms with Crippen LogP contribution in [0.1, 0.15) is 59.7 Å². The number of halogens is 4. The first-order chi connectivity index (χ1) is 18.2. The normalized spacial score (nSPS) is 19.6. The van der Waals surface area contributed by atoms with Gasteiger partial charge >= 0.3 is 6.18 Å². The maximum Gasteiger partial charge on any atom is 0.416 e. The Hall–Kier alpha value is -3.78. The number of fused-ring (bicyclic) bond motifs is 1. The lowest BCUT2D eigenvalue weighted by atomic mass is 9.98. The zero-order valence-corrected chi connectivity index (χ0v) is 21.3. The zero-order chi connectivity index (χ0) is 26.9. The summed E-state index contributed by atoms with van der Waals surface area (Å²) in [7, 11) is 0. The topological polar surface area (TPSA) is 91.4 Å². The van der Waals surface area contributed by atoms with Crippen LogP contribution in [-0.4, -0.2) is 38.8 Å². The summed E-state index contributed by atoms with van der Waals surface area (Å²) in [4.78, 5) is 6.07. The third-order valence-electron chi connectivity index (χ3n) is 6.88. The molecule has 2 atom stereocenters. The number of aromatic nitrogens is 3. The number of hydrogen-bond donors (Lipinski definition) is 1. The van der Waals surface area contributed by atoms with E-state index in [9.17, 15) is 18.4 Å². The summed E-state index contributed by atoms with van der Waals surface area (Å²) in [6.07, 6.45) is -0.451. The van der Waals surface area contributed by atoms with Crippen LogP contribution in [0, 0.1) is 18.4 Å². The van der Waals surface area contributed by atoms with Crippen LogP contribution in [0.5, 0.6) is 5.75 Å². The highest BCUT2D eigenvalue weighted by molar-refractivity contribution is 6.30. The minimum atomic E-state index is -4.46. The first kappa shape index (κ1) is 25.9. The van der Waals surface area contributed by atoms with Crippen molar-refractivity contribution in [1.29, 1.82) is 5.26 Å². The lowest BCUT2D eigenvalue weighted by Gasteiger charge is -2.33. The number of likely N-dealkylation sites (tertiary alicyclic amines) is 1. The van der Waals surface area contributed by atoms with Crippen LogP contribution in [0.2, 0.25) is 5.02 Å². The van der Waals surface area contributed by atoms with Gasteiger partial charge in [-0.15, -0.1) is 15.2 Å². The molecule has 198 valence electrons. The van der Waals surface area contributed by atoms with Crippen molar-refractivity contribution < 1.29 is 17.9 Å². The van der Waals surface area contributed by atoms with Crippen LogP contribution >= 0.6 is 11.6 Å². The smallest absolute Gasteiger partial charge is 0.416 e. The largest absolute Gasteiger partial charge is 0.493 e. The lowest BCUT2D eigenvalue weighted by molar-refractivity contribution is -0.137. The number of aryl methyl sites for hydroxylation is 1. The molecule has 0 unspecified atom stereocenters. The van der Waals surface area contributed by atoms with Crippen LogP contribution in [0.3, 0.4) is 0 Å². The van der Waals surface area contributed by atoms with Gasteiger partial charge in [-0.1, -0.05) is 29.8 Å². The minimum absolute atomic E-state index is 0.177. The Morgan fingerprint density at radius 3 is 2.74 bits per heavy atom. The van der Waals surface area contributed by atoms with E-state index in [2.05, 4.69) is 20.5 Å². The molecule has 1 N–H and O–H groups in total. The summed E-state index contributed by atoms with van der Waals surface area (Å²) in [6, 6.07) is 10.5. The van der Waals surface area contributed by atoms with Crippen LogP contribution in [0.25, 0.3) is 0 Å². The van der Waals surface area contributed by atoms with Crippen molar-refractivity contribution in [3.63, 3.8) is 0 Å². The molecule has 0 spiro atoms. The van der Waals surface area contributed by atoms with E-state index < -0.39 is 11.7 Å². The predicted octanol–water partition coefficient (Wildman–Crippen LogP) is 5.39. The number of guanidine groups is 1. The van der Waals surface area contributed by atoms with Gasteiger partial charge in [-0.2, -0.15) is 18.4 Å². The molecule has 8 nitrogen and oxygen atoms in total. The van der Waals surface area contributed by atoms with Crippen molar-refractivity contribution in [2.75, 3.05) is 13.2 Å². The highest BCUT2D eigenvalue weighted by Crippen LogP contribution is 2.39. The van der Waals surface area contributed by atoms with Gasteiger partial charge in [0.25, 0.3) is 0 Å². The number of nitrogens with zero attached hydrogens (tertiary/aromatic N) is 6. The third kappa shape index (κ3) is 5.27. The first-order valence-electron chi connectivity index (χ1n) is 12.2. The molecule has 1 fully saturated rings. The quantitative estimate of drug-likeness (QED) is 0.269. The molecular weight excluding hydrogens is 519 g/mol.